The van der Waals surface area contributed by atoms with Crippen molar-refractivity contribution >= 4 is 15.8 Å². The van der Waals surface area contributed by atoms with E-state index < -0.39 is 9.84 Å². The van der Waals surface area contributed by atoms with E-state index in [1.165, 1.54) is 12.1 Å². The van der Waals surface area contributed by atoms with Crippen molar-refractivity contribution in [2.24, 2.45) is 4.99 Å². The molecule has 5 nitrogen and oxygen atoms in total. The fraction of sp³-hybridized carbons (Fsp3) is 0.350. The van der Waals surface area contributed by atoms with Gasteiger partial charge in [-0.15, -0.1) is 0 Å². The van der Waals surface area contributed by atoms with Crippen molar-refractivity contribution in [3.8, 4) is 0 Å². The Morgan fingerprint density at radius 3 is 2.48 bits per heavy atom. The number of hydrogen-bond donors (Lipinski definition) is 1. The lowest BCUT2D eigenvalue weighted by Gasteiger charge is -2.22. The second kappa shape index (κ2) is 10.1. The van der Waals surface area contributed by atoms with E-state index in [9.17, 15) is 12.8 Å². The van der Waals surface area contributed by atoms with Gasteiger partial charge in [0.2, 0.25) is 0 Å². The second-order valence-corrected chi connectivity index (χ2v) is 8.58. The summed E-state index contributed by atoms with van der Waals surface area (Å²) >= 11 is 0. The number of aliphatic imine (C=N–C) groups is 1. The Kier molecular flexibility index (Phi) is 7.79. The summed E-state index contributed by atoms with van der Waals surface area (Å²) in [5.41, 5.74) is 1.64. The van der Waals surface area contributed by atoms with Crippen LogP contribution in [0.5, 0.6) is 0 Å². The van der Waals surface area contributed by atoms with Gasteiger partial charge in [-0.3, -0.25) is 4.99 Å². The third kappa shape index (κ3) is 7.38. The summed E-state index contributed by atoms with van der Waals surface area (Å²) in [6, 6.07) is 15.6. The van der Waals surface area contributed by atoms with Gasteiger partial charge in [0.1, 0.15) is 5.82 Å². The minimum absolute atomic E-state index is 0.0576. The number of hydrogen-bond acceptors (Lipinski definition) is 3. The van der Waals surface area contributed by atoms with Gasteiger partial charge in [0.05, 0.1) is 11.5 Å². The molecule has 0 aliphatic heterocycles. The summed E-state index contributed by atoms with van der Waals surface area (Å²) in [5, 5.41) is 3.16. The zero-order valence-electron chi connectivity index (χ0n) is 15.7. The molecule has 0 spiro atoms. The molecule has 2 aromatic rings. The molecular weight excluding hydrogens is 365 g/mol. The van der Waals surface area contributed by atoms with E-state index in [2.05, 4.69) is 10.3 Å². The standard InChI is InChI=1S/C20H26FN3O2S/c1-22-20(24(2)15-18-10-6-11-19(21)14-18)23-12-7-13-27(25,26)16-17-8-4-3-5-9-17/h3-6,8-11,14H,7,12-13,15-16H2,1-2H3,(H,22,23). The summed E-state index contributed by atoms with van der Waals surface area (Å²) in [6.07, 6.45) is 0.488. The maximum Gasteiger partial charge on any atom is 0.193 e. The van der Waals surface area contributed by atoms with Crippen molar-refractivity contribution in [2.75, 3.05) is 26.4 Å². The molecule has 0 aliphatic carbocycles. The smallest absolute Gasteiger partial charge is 0.193 e. The van der Waals surface area contributed by atoms with Crippen LogP contribution in [0.2, 0.25) is 0 Å². The maximum absolute atomic E-state index is 13.3. The molecule has 0 radical (unpaired) electrons. The molecular formula is C20H26FN3O2S. The Morgan fingerprint density at radius 2 is 1.81 bits per heavy atom. The fourth-order valence-corrected chi connectivity index (χ4v) is 4.19. The lowest BCUT2D eigenvalue weighted by molar-refractivity contribution is 0.474. The van der Waals surface area contributed by atoms with Crippen LogP contribution in [0.25, 0.3) is 0 Å². The summed E-state index contributed by atoms with van der Waals surface area (Å²) in [6.45, 7) is 0.998. The minimum Gasteiger partial charge on any atom is -0.356 e. The first-order chi connectivity index (χ1) is 12.9. The average molecular weight is 392 g/mol. The van der Waals surface area contributed by atoms with Crippen molar-refractivity contribution in [1.82, 2.24) is 10.2 Å². The summed E-state index contributed by atoms with van der Waals surface area (Å²) in [5.74, 6) is 0.536. The number of rotatable bonds is 8. The molecule has 7 heteroatoms. The van der Waals surface area contributed by atoms with Crippen LogP contribution >= 0.6 is 0 Å². The van der Waals surface area contributed by atoms with Crippen LogP contribution in [-0.2, 0) is 22.1 Å². The lowest BCUT2D eigenvalue weighted by atomic mass is 10.2. The molecule has 0 amide bonds. The van der Waals surface area contributed by atoms with E-state index in [-0.39, 0.29) is 17.3 Å². The van der Waals surface area contributed by atoms with Crippen LogP contribution in [0.3, 0.4) is 0 Å². The fourth-order valence-electron chi connectivity index (χ4n) is 2.76. The van der Waals surface area contributed by atoms with Crippen molar-refractivity contribution in [1.29, 1.82) is 0 Å². The second-order valence-electron chi connectivity index (χ2n) is 6.39. The van der Waals surface area contributed by atoms with E-state index in [1.807, 2.05) is 48.3 Å². The average Bonchev–Trinajstić information content (AvgIpc) is 2.62. The summed E-state index contributed by atoms with van der Waals surface area (Å²) in [7, 11) is 0.369. The van der Waals surface area contributed by atoms with E-state index in [0.29, 0.717) is 25.5 Å². The number of sulfone groups is 1. The number of guanidine groups is 1. The number of nitrogens with one attached hydrogen (secondary N) is 1. The van der Waals surface area contributed by atoms with E-state index in [0.717, 1.165) is 11.1 Å². The SMILES string of the molecule is CN=C(NCCCS(=O)(=O)Cc1ccccc1)N(C)Cc1cccc(F)c1. The van der Waals surface area contributed by atoms with Gasteiger partial charge in [0.25, 0.3) is 0 Å². The molecule has 2 rings (SSSR count). The highest BCUT2D eigenvalue weighted by Crippen LogP contribution is 2.08. The third-order valence-electron chi connectivity index (χ3n) is 4.03. The predicted octanol–water partition coefficient (Wildman–Crippen LogP) is 2.84. The largest absolute Gasteiger partial charge is 0.356 e. The minimum atomic E-state index is -3.15. The highest BCUT2D eigenvalue weighted by Gasteiger charge is 2.12. The molecule has 0 aromatic heterocycles. The Morgan fingerprint density at radius 1 is 1.11 bits per heavy atom. The summed E-state index contributed by atoms with van der Waals surface area (Å²) < 4.78 is 37.7. The van der Waals surface area contributed by atoms with Gasteiger partial charge in [-0.05, 0) is 29.7 Å². The van der Waals surface area contributed by atoms with Gasteiger partial charge in [0.15, 0.2) is 15.8 Å². The molecule has 0 bridgehead atoms. The van der Waals surface area contributed by atoms with E-state index in [4.69, 9.17) is 0 Å². The highest BCUT2D eigenvalue weighted by atomic mass is 32.2. The van der Waals surface area contributed by atoms with Crippen molar-refractivity contribution in [3.63, 3.8) is 0 Å². The topological polar surface area (TPSA) is 61.8 Å². The molecule has 0 heterocycles. The Balaban J connectivity index is 1.78. The Labute approximate surface area is 160 Å². The van der Waals surface area contributed by atoms with Crippen molar-refractivity contribution in [3.05, 3.63) is 71.5 Å². The molecule has 2 aromatic carbocycles. The van der Waals surface area contributed by atoms with Gasteiger partial charge in [0, 0.05) is 27.2 Å². The van der Waals surface area contributed by atoms with Gasteiger partial charge < -0.3 is 10.2 Å². The molecule has 0 unspecified atom stereocenters. The molecule has 1 N–H and O–H groups in total. The quantitative estimate of drug-likeness (QED) is 0.427. The van der Waals surface area contributed by atoms with Crippen LogP contribution in [0.4, 0.5) is 4.39 Å². The lowest BCUT2D eigenvalue weighted by Crippen LogP contribution is -2.39. The zero-order chi connectivity index (χ0) is 19.7. The number of benzene rings is 2. The molecule has 27 heavy (non-hydrogen) atoms. The van der Waals surface area contributed by atoms with Crippen molar-refractivity contribution < 1.29 is 12.8 Å². The maximum atomic E-state index is 13.3. The normalized spacial score (nSPS) is 12.0. The van der Waals surface area contributed by atoms with Crippen LogP contribution < -0.4 is 5.32 Å². The zero-order valence-corrected chi connectivity index (χ0v) is 16.5. The van der Waals surface area contributed by atoms with Crippen molar-refractivity contribution in [2.45, 2.75) is 18.7 Å². The summed E-state index contributed by atoms with van der Waals surface area (Å²) in [4.78, 5) is 6.06. The van der Waals surface area contributed by atoms with Crippen LogP contribution in [0.1, 0.15) is 17.5 Å². The van der Waals surface area contributed by atoms with Gasteiger partial charge in [-0.25, -0.2) is 12.8 Å². The van der Waals surface area contributed by atoms with Gasteiger partial charge >= 0.3 is 0 Å². The molecule has 0 saturated heterocycles. The first-order valence-electron chi connectivity index (χ1n) is 8.80. The monoisotopic (exact) mass is 391 g/mol. The van der Waals surface area contributed by atoms with E-state index >= 15 is 0 Å². The molecule has 0 atom stereocenters. The van der Waals surface area contributed by atoms with Crippen LogP contribution in [-0.4, -0.2) is 45.7 Å². The highest BCUT2D eigenvalue weighted by molar-refractivity contribution is 7.90. The van der Waals surface area contributed by atoms with Gasteiger partial charge in [-0.1, -0.05) is 42.5 Å². The Bertz CT molecular complexity index is 855. The van der Waals surface area contributed by atoms with E-state index in [1.54, 1.807) is 13.1 Å². The Hall–Kier alpha value is -2.41. The molecule has 0 aliphatic rings. The van der Waals surface area contributed by atoms with Crippen LogP contribution in [0.15, 0.2) is 59.6 Å². The first kappa shape index (κ1) is 20.9. The first-order valence-corrected chi connectivity index (χ1v) is 10.6. The van der Waals surface area contributed by atoms with Gasteiger partial charge in [-0.2, -0.15) is 0 Å². The number of halogens is 1. The molecule has 0 fully saturated rings. The predicted molar refractivity (Wildman–Crippen MR) is 108 cm³/mol. The molecule has 0 saturated carbocycles. The molecule has 146 valence electrons. The van der Waals surface area contributed by atoms with Crippen LogP contribution in [0, 0.1) is 5.82 Å². The number of nitrogens with zero attached hydrogens (tertiary/aromatic N) is 2. The third-order valence-corrected chi connectivity index (χ3v) is 5.71.